The van der Waals surface area contributed by atoms with E-state index in [0.29, 0.717) is 5.56 Å². The first kappa shape index (κ1) is 12.1. The van der Waals surface area contributed by atoms with Crippen molar-refractivity contribution in [3.63, 3.8) is 0 Å². The van der Waals surface area contributed by atoms with Gasteiger partial charge in [-0.1, -0.05) is 0 Å². The van der Waals surface area contributed by atoms with Gasteiger partial charge in [0.25, 0.3) is 5.69 Å². The summed E-state index contributed by atoms with van der Waals surface area (Å²) in [5.74, 6) is -0.244. The van der Waals surface area contributed by atoms with Crippen LogP contribution in [0.15, 0.2) is 6.20 Å². The first-order chi connectivity index (χ1) is 7.88. The second-order valence-electron chi connectivity index (χ2n) is 4.42. The Morgan fingerprint density at radius 1 is 1.47 bits per heavy atom. The van der Waals surface area contributed by atoms with Crippen LogP contribution in [0.5, 0.6) is 0 Å². The summed E-state index contributed by atoms with van der Waals surface area (Å²) < 4.78 is 24.5. The Morgan fingerprint density at radius 2 is 2.18 bits per heavy atom. The second kappa shape index (κ2) is 4.14. The highest BCUT2D eigenvalue weighted by atomic mass is 32.2. The lowest BCUT2D eigenvalue weighted by Gasteiger charge is -2.15. The molecule has 0 bridgehead atoms. The summed E-state index contributed by atoms with van der Waals surface area (Å²) in [6, 6.07) is 0. The van der Waals surface area contributed by atoms with Crippen molar-refractivity contribution in [2.45, 2.75) is 31.6 Å². The molecule has 2 rings (SSSR count). The topological polar surface area (TPSA) is 82.2 Å². The van der Waals surface area contributed by atoms with Gasteiger partial charge in [0.2, 0.25) is 0 Å². The Kier molecular flexibility index (Phi) is 2.94. The molecule has 6 nitrogen and oxygen atoms in total. The van der Waals surface area contributed by atoms with Crippen LogP contribution in [0.3, 0.4) is 0 Å². The Morgan fingerprint density at radius 3 is 2.76 bits per heavy atom. The molecule has 1 aliphatic rings. The van der Waals surface area contributed by atoms with Crippen LogP contribution in [0.4, 0.5) is 5.69 Å². The maximum absolute atomic E-state index is 11.3. The number of hydrogen-bond donors (Lipinski definition) is 0. The van der Waals surface area contributed by atoms with E-state index >= 15 is 0 Å². The van der Waals surface area contributed by atoms with Crippen LogP contribution in [-0.4, -0.2) is 24.2 Å². The quantitative estimate of drug-likeness (QED) is 0.604. The van der Waals surface area contributed by atoms with E-state index in [9.17, 15) is 18.5 Å². The summed E-state index contributed by atoms with van der Waals surface area (Å²) >= 11 is 0. The van der Waals surface area contributed by atoms with E-state index in [1.807, 2.05) is 4.57 Å². The molecule has 1 aromatic rings. The Hall–Kier alpha value is -1.37. The Bertz CT molecular complexity index is 559. The number of nitrogens with zero attached hydrogens (tertiary/aromatic N) is 2. The molecule has 0 aliphatic carbocycles. The molecular formula is C10H14N2O4S. The van der Waals surface area contributed by atoms with Gasteiger partial charge < -0.3 is 4.57 Å². The molecule has 94 valence electrons. The van der Waals surface area contributed by atoms with Gasteiger partial charge >= 0.3 is 0 Å². The van der Waals surface area contributed by atoms with Crippen molar-refractivity contribution in [1.82, 2.24) is 4.57 Å². The maximum atomic E-state index is 11.3. The molecule has 1 aliphatic heterocycles. The van der Waals surface area contributed by atoms with Crippen LogP contribution in [0.25, 0.3) is 0 Å². The van der Waals surface area contributed by atoms with Crippen LogP contribution in [0.2, 0.25) is 0 Å². The monoisotopic (exact) mass is 258 g/mol. The van der Waals surface area contributed by atoms with Gasteiger partial charge in [0.1, 0.15) is 0 Å². The molecule has 0 amide bonds. The number of nitro groups is 1. The van der Waals surface area contributed by atoms with Gasteiger partial charge in [-0.25, -0.2) is 8.42 Å². The number of hydrogen-bond acceptors (Lipinski definition) is 4. The van der Waals surface area contributed by atoms with Crippen molar-refractivity contribution in [3.8, 4) is 0 Å². The van der Waals surface area contributed by atoms with Crippen LogP contribution in [0, 0.1) is 10.1 Å². The van der Waals surface area contributed by atoms with Crippen LogP contribution in [0.1, 0.15) is 24.1 Å². The van der Waals surface area contributed by atoms with Gasteiger partial charge in [-0.3, -0.25) is 10.1 Å². The van der Waals surface area contributed by atoms with Crippen molar-refractivity contribution >= 4 is 15.5 Å². The standard InChI is InChI=1S/C10H14N2O4S/c1-17(15,16)7-8-9-4-2-3-5-11(9)6-10(8)12(13)14/h6H,2-5,7H2,1H3. The summed E-state index contributed by atoms with van der Waals surface area (Å²) in [5, 5.41) is 10.9. The van der Waals surface area contributed by atoms with E-state index in [4.69, 9.17) is 0 Å². The number of sulfone groups is 1. The first-order valence-electron chi connectivity index (χ1n) is 5.41. The van der Waals surface area contributed by atoms with Gasteiger partial charge in [0.15, 0.2) is 9.84 Å². The molecule has 0 saturated heterocycles. The van der Waals surface area contributed by atoms with Gasteiger partial charge in [-0.05, 0) is 19.3 Å². The highest BCUT2D eigenvalue weighted by molar-refractivity contribution is 7.89. The molecule has 7 heteroatoms. The van der Waals surface area contributed by atoms with E-state index in [0.717, 1.165) is 37.8 Å². The number of aryl methyl sites for hydroxylation is 1. The minimum absolute atomic E-state index is 0.0627. The van der Waals surface area contributed by atoms with E-state index < -0.39 is 14.8 Å². The lowest BCUT2D eigenvalue weighted by Crippen LogP contribution is -2.12. The molecule has 0 N–H and O–H groups in total. The van der Waals surface area contributed by atoms with Crippen LogP contribution < -0.4 is 0 Å². The molecule has 0 atom stereocenters. The van der Waals surface area contributed by atoms with E-state index in [1.54, 1.807) is 0 Å². The molecule has 0 aromatic carbocycles. The van der Waals surface area contributed by atoms with E-state index in [2.05, 4.69) is 0 Å². The molecule has 0 fully saturated rings. The van der Waals surface area contributed by atoms with Crippen molar-refractivity contribution < 1.29 is 13.3 Å². The van der Waals surface area contributed by atoms with Gasteiger partial charge in [-0.2, -0.15) is 0 Å². The van der Waals surface area contributed by atoms with Crippen LogP contribution >= 0.6 is 0 Å². The van der Waals surface area contributed by atoms with E-state index in [1.165, 1.54) is 6.20 Å². The number of fused-ring (bicyclic) bond motifs is 1. The summed E-state index contributed by atoms with van der Waals surface area (Å²) in [7, 11) is -3.25. The summed E-state index contributed by atoms with van der Waals surface area (Å²) in [5.41, 5.74) is 1.12. The van der Waals surface area contributed by atoms with Gasteiger partial charge in [-0.15, -0.1) is 0 Å². The molecular weight excluding hydrogens is 244 g/mol. The minimum atomic E-state index is -3.25. The molecule has 0 spiro atoms. The molecule has 0 saturated carbocycles. The average Bonchev–Trinajstić information content (AvgIpc) is 2.55. The summed E-state index contributed by atoms with van der Waals surface area (Å²) in [6.45, 7) is 0.736. The largest absolute Gasteiger partial charge is 0.345 e. The fourth-order valence-electron chi connectivity index (χ4n) is 2.27. The molecule has 0 radical (unpaired) electrons. The number of rotatable bonds is 3. The zero-order valence-corrected chi connectivity index (χ0v) is 10.4. The Labute approximate surface area is 99.3 Å². The third-order valence-corrected chi connectivity index (χ3v) is 3.76. The minimum Gasteiger partial charge on any atom is -0.345 e. The van der Waals surface area contributed by atoms with Crippen molar-refractivity contribution in [1.29, 1.82) is 0 Å². The SMILES string of the molecule is CS(=O)(=O)Cc1c([N+](=O)[O-])cn2c1CCCC2. The van der Waals surface area contributed by atoms with Crippen molar-refractivity contribution in [2.75, 3.05) is 6.26 Å². The summed E-state index contributed by atoms with van der Waals surface area (Å²) in [4.78, 5) is 10.4. The van der Waals surface area contributed by atoms with E-state index in [-0.39, 0.29) is 11.4 Å². The van der Waals surface area contributed by atoms with Crippen molar-refractivity contribution in [2.24, 2.45) is 0 Å². The smallest absolute Gasteiger partial charge is 0.291 e. The predicted molar refractivity (Wildman–Crippen MR) is 62.6 cm³/mol. The summed E-state index contributed by atoms with van der Waals surface area (Å²) in [6.07, 6.45) is 5.23. The molecule has 0 unspecified atom stereocenters. The van der Waals surface area contributed by atoms with Crippen molar-refractivity contribution in [3.05, 3.63) is 27.6 Å². The highest BCUT2D eigenvalue weighted by Crippen LogP contribution is 2.30. The first-order valence-corrected chi connectivity index (χ1v) is 7.47. The lowest BCUT2D eigenvalue weighted by molar-refractivity contribution is -0.385. The van der Waals surface area contributed by atoms with Gasteiger partial charge in [0.05, 0.1) is 22.4 Å². The maximum Gasteiger partial charge on any atom is 0.291 e. The molecule has 1 aromatic heterocycles. The average molecular weight is 258 g/mol. The van der Waals surface area contributed by atoms with Crippen LogP contribution in [-0.2, 0) is 28.6 Å². The fourth-order valence-corrected chi connectivity index (χ4v) is 3.11. The molecule has 2 heterocycles. The third-order valence-electron chi connectivity index (χ3n) is 2.95. The lowest BCUT2D eigenvalue weighted by atomic mass is 10.1. The zero-order chi connectivity index (χ0) is 12.6. The third kappa shape index (κ3) is 2.49. The second-order valence-corrected chi connectivity index (χ2v) is 6.56. The van der Waals surface area contributed by atoms with Gasteiger partial charge in [0, 0.05) is 18.5 Å². The molecule has 17 heavy (non-hydrogen) atoms. The number of aromatic nitrogens is 1. The highest BCUT2D eigenvalue weighted by Gasteiger charge is 2.27. The zero-order valence-electron chi connectivity index (χ0n) is 9.55. The Balaban J connectivity index is 2.53. The normalized spacial score (nSPS) is 15.6. The predicted octanol–water partition coefficient (Wildman–Crippen LogP) is 1.28. The fraction of sp³-hybridized carbons (Fsp3) is 0.600.